The molecule has 1 rings (SSSR count). The van der Waals surface area contributed by atoms with Gasteiger partial charge >= 0.3 is 0 Å². The van der Waals surface area contributed by atoms with Gasteiger partial charge in [-0.1, -0.05) is 25.4 Å². The van der Waals surface area contributed by atoms with E-state index in [2.05, 4.69) is 18.7 Å². The molecule has 0 unspecified atom stereocenters. The molecule has 0 aliphatic heterocycles. The van der Waals surface area contributed by atoms with Crippen molar-refractivity contribution in [3.8, 4) is 0 Å². The number of nitrogens with zero attached hydrogens (tertiary/aromatic N) is 1. The van der Waals surface area contributed by atoms with Crippen molar-refractivity contribution in [3.05, 3.63) is 28.8 Å². The lowest BCUT2D eigenvalue weighted by molar-refractivity contribution is 0.101. The lowest BCUT2D eigenvalue weighted by Gasteiger charge is -2.25. The van der Waals surface area contributed by atoms with Crippen LogP contribution < -0.4 is 4.90 Å². The number of benzene rings is 1. The predicted octanol–water partition coefficient (Wildman–Crippen LogP) is 4.17. The fraction of sp³-hybridized carbons (Fsp3) is 0.500. The van der Waals surface area contributed by atoms with Gasteiger partial charge < -0.3 is 4.90 Å². The molecule has 0 atom stereocenters. The highest BCUT2D eigenvalue weighted by atomic mass is 35.5. The summed E-state index contributed by atoms with van der Waals surface area (Å²) < 4.78 is 0. The Hall–Kier alpha value is -1.02. The maximum atomic E-state index is 11.3. The van der Waals surface area contributed by atoms with E-state index in [-0.39, 0.29) is 5.78 Å². The molecular weight excluding hydrogens is 234 g/mol. The molecule has 94 valence electrons. The Morgan fingerprint density at radius 3 is 2.24 bits per heavy atom. The minimum atomic E-state index is 0.0518. The third kappa shape index (κ3) is 3.74. The zero-order valence-electron chi connectivity index (χ0n) is 10.8. The molecule has 2 nitrogen and oxygen atoms in total. The van der Waals surface area contributed by atoms with Crippen molar-refractivity contribution in [1.82, 2.24) is 0 Å². The first kappa shape index (κ1) is 14.0. The second kappa shape index (κ2) is 6.65. The predicted molar refractivity (Wildman–Crippen MR) is 74.3 cm³/mol. The fourth-order valence-corrected chi connectivity index (χ4v) is 2.17. The first-order valence-electron chi connectivity index (χ1n) is 6.15. The first-order chi connectivity index (χ1) is 8.10. The van der Waals surface area contributed by atoms with E-state index >= 15 is 0 Å². The highest BCUT2D eigenvalue weighted by molar-refractivity contribution is 6.33. The van der Waals surface area contributed by atoms with Gasteiger partial charge in [-0.15, -0.1) is 0 Å². The smallest absolute Gasteiger partial charge is 0.159 e. The summed E-state index contributed by atoms with van der Waals surface area (Å²) >= 11 is 6.25. The molecule has 0 saturated heterocycles. The van der Waals surface area contributed by atoms with Gasteiger partial charge in [0.25, 0.3) is 0 Å². The van der Waals surface area contributed by atoms with E-state index in [1.807, 2.05) is 12.1 Å². The molecule has 0 aliphatic carbocycles. The van der Waals surface area contributed by atoms with E-state index in [4.69, 9.17) is 11.6 Å². The minimum absolute atomic E-state index is 0.0518. The van der Waals surface area contributed by atoms with E-state index in [9.17, 15) is 4.79 Å². The van der Waals surface area contributed by atoms with Crippen molar-refractivity contribution in [2.45, 2.75) is 33.6 Å². The summed E-state index contributed by atoms with van der Waals surface area (Å²) in [7, 11) is 0. The van der Waals surface area contributed by atoms with Crippen LogP contribution in [-0.4, -0.2) is 18.9 Å². The largest absolute Gasteiger partial charge is 0.370 e. The fourth-order valence-electron chi connectivity index (χ4n) is 1.87. The van der Waals surface area contributed by atoms with E-state index in [1.165, 1.54) is 0 Å². The van der Waals surface area contributed by atoms with Gasteiger partial charge in [0.2, 0.25) is 0 Å². The third-order valence-electron chi connectivity index (χ3n) is 2.68. The van der Waals surface area contributed by atoms with Crippen molar-refractivity contribution in [1.29, 1.82) is 0 Å². The quantitative estimate of drug-likeness (QED) is 0.710. The second-order valence-corrected chi connectivity index (χ2v) is 4.62. The van der Waals surface area contributed by atoms with Crippen molar-refractivity contribution in [2.75, 3.05) is 18.0 Å². The van der Waals surface area contributed by atoms with E-state index in [0.29, 0.717) is 10.6 Å². The van der Waals surface area contributed by atoms with Gasteiger partial charge in [-0.25, -0.2) is 0 Å². The number of hydrogen-bond donors (Lipinski definition) is 0. The SMILES string of the molecule is CCCN(CCC)c1ccc(C(C)=O)cc1Cl. The Morgan fingerprint density at radius 1 is 1.24 bits per heavy atom. The van der Waals surface area contributed by atoms with Gasteiger partial charge in [0.1, 0.15) is 0 Å². The topological polar surface area (TPSA) is 20.3 Å². The van der Waals surface area contributed by atoms with E-state index in [1.54, 1.807) is 13.0 Å². The molecule has 17 heavy (non-hydrogen) atoms. The molecule has 0 fully saturated rings. The van der Waals surface area contributed by atoms with Crippen molar-refractivity contribution >= 4 is 23.1 Å². The number of ketones is 1. The molecule has 0 N–H and O–H groups in total. The lowest BCUT2D eigenvalue weighted by atomic mass is 10.1. The van der Waals surface area contributed by atoms with Crippen LogP contribution >= 0.6 is 11.6 Å². The van der Waals surface area contributed by atoms with Gasteiger partial charge in [0, 0.05) is 18.7 Å². The van der Waals surface area contributed by atoms with Crippen molar-refractivity contribution < 1.29 is 4.79 Å². The summed E-state index contributed by atoms with van der Waals surface area (Å²) in [6.07, 6.45) is 2.18. The molecule has 0 amide bonds. The molecule has 0 saturated carbocycles. The zero-order chi connectivity index (χ0) is 12.8. The molecule has 0 spiro atoms. The number of rotatable bonds is 6. The number of hydrogen-bond acceptors (Lipinski definition) is 2. The molecule has 0 bridgehead atoms. The number of carbonyl (C=O) groups is 1. The second-order valence-electron chi connectivity index (χ2n) is 4.21. The Kier molecular flexibility index (Phi) is 5.49. The first-order valence-corrected chi connectivity index (χ1v) is 6.53. The summed E-state index contributed by atoms with van der Waals surface area (Å²) in [6.45, 7) is 7.85. The van der Waals surface area contributed by atoms with Crippen LogP contribution in [0.5, 0.6) is 0 Å². The maximum absolute atomic E-state index is 11.3. The molecule has 1 aromatic rings. The normalized spacial score (nSPS) is 10.4. The number of carbonyl (C=O) groups excluding carboxylic acids is 1. The Bertz CT molecular complexity index is 384. The van der Waals surface area contributed by atoms with Gasteiger partial charge in [0.15, 0.2) is 5.78 Å². The lowest BCUT2D eigenvalue weighted by Crippen LogP contribution is -2.25. The molecule has 0 heterocycles. The Balaban J connectivity index is 2.99. The van der Waals surface area contributed by atoms with E-state index in [0.717, 1.165) is 31.6 Å². The Labute approximate surface area is 109 Å². The minimum Gasteiger partial charge on any atom is -0.370 e. The monoisotopic (exact) mass is 253 g/mol. The Morgan fingerprint density at radius 2 is 1.82 bits per heavy atom. The van der Waals surface area contributed by atoms with Gasteiger partial charge in [-0.05, 0) is 38.0 Å². The molecule has 3 heteroatoms. The van der Waals surface area contributed by atoms with Crippen LogP contribution in [0.25, 0.3) is 0 Å². The van der Waals surface area contributed by atoms with E-state index < -0.39 is 0 Å². The van der Waals surface area contributed by atoms with Gasteiger partial charge in [0.05, 0.1) is 10.7 Å². The van der Waals surface area contributed by atoms with Gasteiger partial charge in [-0.2, -0.15) is 0 Å². The maximum Gasteiger partial charge on any atom is 0.159 e. The summed E-state index contributed by atoms with van der Waals surface area (Å²) in [6, 6.07) is 5.56. The van der Waals surface area contributed by atoms with Crippen molar-refractivity contribution in [2.24, 2.45) is 0 Å². The molecular formula is C14H20ClNO. The number of Topliss-reactive ketones (excluding diaryl/α,β-unsaturated/α-hetero) is 1. The molecule has 0 aromatic heterocycles. The van der Waals surface area contributed by atoms with Crippen LogP contribution in [-0.2, 0) is 0 Å². The van der Waals surface area contributed by atoms with Crippen LogP contribution in [0.1, 0.15) is 44.0 Å². The summed E-state index contributed by atoms with van der Waals surface area (Å²) in [5.74, 6) is 0.0518. The molecule has 0 aliphatic rings. The van der Waals surface area contributed by atoms with Crippen molar-refractivity contribution in [3.63, 3.8) is 0 Å². The zero-order valence-corrected chi connectivity index (χ0v) is 11.5. The standard InChI is InChI=1S/C14H20ClNO/c1-4-8-16(9-5-2)14-7-6-12(11(3)17)10-13(14)15/h6-7,10H,4-5,8-9H2,1-3H3. The highest BCUT2D eigenvalue weighted by Crippen LogP contribution is 2.27. The number of anilines is 1. The summed E-state index contributed by atoms with van der Waals surface area (Å²) in [5.41, 5.74) is 1.70. The molecule has 1 aromatic carbocycles. The van der Waals surface area contributed by atoms with Crippen LogP contribution in [0, 0.1) is 0 Å². The average molecular weight is 254 g/mol. The average Bonchev–Trinajstić information content (AvgIpc) is 2.28. The van der Waals surface area contributed by atoms with Gasteiger partial charge in [-0.3, -0.25) is 4.79 Å². The number of halogens is 1. The van der Waals surface area contributed by atoms with Crippen LogP contribution in [0.4, 0.5) is 5.69 Å². The van der Waals surface area contributed by atoms with Crippen LogP contribution in [0.2, 0.25) is 5.02 Å². The van der Waals surface area contributed by atoms with Crippen LogP contribution in [0.3, 0.4) is 0 Å². The summed E-state index contributed by atoms with van der Waals surface area (Å²) in [4.78, 5) is 13.5. The highest BCUT2D eigenvalue weighted by Gasteiger charge is 2.10. The summed E-state index contributed by atoms with van der Waals surface area (Å²) in [5, 5.41) is 0.666. The third-order valence-corrected chi connectivity index (χ3v) is 2.98. The van der Waals surface area contributed by atoms with Crippen LogP contribution in [0.15, 0.2) is 18.2 Å². The molecule has 0 radical (unpaired) electrons.